The first-order chi connectivity index (χ1) is 13.6. The van der Waals surface area contributed by atoms with Crippen LogP contribution in [0.1, 0.15) is 80.2 Å². The second-order valence-electron chi connectivity index (χ2n) is 9.32. The minimum absolute atomic E-state index is 0.380. The summed E-state index contributed by atoms with van der Waals surface area (Å²) < 4.78 is 2.53. The van der Waals surface area contributed by atoms with Crippen molar-refractivity contribution in [2.24, 2.45) is 0 Å². The Labute approximate surface area is 168 Å². The Kier molecular flexibility index (Phi) is 4.55. The van der Waals surface area contributed by atoms with E-state index >= 15 is 0 Å². The second kappa shape index (κ2) is 6.96. The number of pyridine rings is 1. The predicted octanol–water partition coefficient (Wildman–Crippen LogP) is 4.28. The summed E-state index contributed by atoms with van der Waals surface area (Å²) in [5, 5.41) is 0. The van der Waals surface area contributed by atoms with Crippen molar-refractivity contribution in [2.75, 3.05) is 20.6 Å². The highest BCUT2D eigenvalue weighted by atomic mass is 15.3. The second-order valence-corrected chi connectivity index (χ2v) is 9.32. The van der Waals surface area contributed by atoms with E-state index in [1.165, 1.54) is 68.6 Å². The van der Waals surface area contributed by atoms with Crippen LogP contribution in [0.25, 0.3) is 0 Å². The molecular formula is C23H33N5. The molecule has 1 saturated carbocycles. The van der Waals surface area contributed by atoms with Gasteiger partial charge >= 0.3 is 0 Å². The summed E-state index contributed by atoms with van der Waals surface area (Å²) in [6.07, 6.45) is 15.1. The quantitative estimate of drug-likeness (QED) is 0.797. The molecule has 3 fully saturated rings. The number of rotatable bonds is 3. The Morgan fingerprint density at radius 2 is 1.86 bits per heavy atom. The van der Waals surface area contributed by atoms with Gasteiger partial charge in [-0.2, -0.15) is 0 Å². The van der Waals surface area contributed by atoms with Crippen molar-refractivity contribution in [3.8, 4) is 0 Å². The zero-order chi connectivity index (χ0) is 19.3. The van der Waals surface area contributed by atoms with E-state index in [1.807, 2.05) is 18.5 Å². The standard InChI is InChI=1S/C23H33N5/c1-17-6-5-12-24-21(17)19-7-4-8-20(27(19)3)22-25-13-15-28(22)18-9-14-26(2)23(16-18)10-11-23/h5-6,12-13,15,18-20H,4,7-11,14,16H2,1-3H3/t18?,19-,20+/m0/s1. The zero-order valence-corrected chi connectivity index (χ0v) is 17.5. The molecular weight excluding hydrogens is 346 g/mol. The van der Waals surface area contributed by atoms with Crippen molar-refractivity contribution in [3.05, 3.63) is 47.8 Å². The topological polar surface area (TPSA) is 37.2 Å². The molecule has 150 valence electrons. The lowest BCUT2D eigenvalue weighted by Crippen LogP contribution is -2.43. The van der Waals surface area contributed by atoms with E-state index in [0.29, 0.717) is 23.7 Å². The van der Waals surface area contributed by atoms with Crippen LogP contribution in [0.5, 0.6) is 0 Å². The molecule has 4 heterocycles. The maximum atomic E-state index is 4.89. The lowest BCUT2D eigenvalue weighted by molar-refractivity contribution is 0.0921. The van der Waals surface area contributed by atoms with Gasteiger partial charge in [0.2, 0.25) is 0 Å². The van der Waals surface area contributed by atoms with E-state index in [-0.39, 0.29) is 0 Å². The molecule has 2 aromatic heterocycles. The van der Waals surface area contributed by atoms with Crippen LogP contribution in [0.2, 0.25) is 0 Å². The molecule has 0 bridgehead atoms. The Bertz CT molecular complexity index is 839. The number of hydrogen-bond donors (Lipinski definition) is 0. The molecule has 3 aliphatic rings. The van der Waals surface area contributed by atoms with Crippen LogP contribution in [0, 0.1) is 6.92 Å². The average Bonchev–Trinajstić information content (AvgIpc) is 3.30. The van der Waals surface area contributed by atoms with E-state index in [0.717, 1.165) is 0 Å². The first kappa shape index (κ1) is 18.3. The summed E-state index contributed by atoms with van der Waals surface area (Å²) in [6.45, 7) is 3.40. The Hall–Kier alpha value is -1.72. The fourth-order valence-electron chi connectivity index (χ4n) is 5.75. The summed E-state index contributed by atoms with van der Waals surface area (Å²) in [5.74, 6) is 1.27. The van der Waals surface area contributed by atoms with Gasteiger partial charge in [0.25, 0.3) is 0 Å². The number of nitrogens with zero attached hydrogens (tertiary/aromatic N) is 5. The number of likely N-dealkylation sites (tertiary alicyclic amines) is 2. The van der Waals surface area contributed by atoms with Crippen molar-refractivity contribution in [1.82, 2.24) is 24.3 Å². The van der Waals surface area contributed by atoms with Crippen LogP contribution < -0.4 is 0 Å². The number of imidazole rings is 1. The molecule has 3 atom stereocenters. The fraction of sp³-hybridized carbons (Fsp3) is 0.652. The van der Waals surface area contributed by atoms with Gasteiger partial charge in [0, 0.05) is 36.7 Å². The molecule has 5 nitrogen and oxygen atoms in total. The van der Waals surface area contributed by atoms with Gasteiger partial charge in [0.15, 0.2) is 0 Å². The summed E-state index contributed by atoms with van der Waals surface area (Å²) in [4.78, 5) is 14.8. The number of piperidine rings is 2. The third-order valence-corrected chi connectivity index (χ3v) is 7.74. The van der Waals surface area contributed by atoms with E-state index in [2.05, 4.69) is 47.6 Å². The lowest BCUT2D eigenvalue weighted by Gasteiger charge is -2.42. The van der Waals surface area contributed by atoms with Crippen LogP contribution in [0.4, 0.5) is 0 Å². The smallest absolute Gasteiger partial charge is 0.126 e. The fourth-order valence-corrected chi connectivity index (χ4v) is 5.75. The van der Waals surface area contributed by atoms with Crippen LogP contribution >= 0.6 is 0 Å². The molecule has 1 unspecified atom stereocenters. The van der Waals surface area contributed by atoms with Crippen molar-refractivity contribution in [3.63, 3.8) is 0 Å². The van der Waals surface area contributed by atoms with Gasteiger partial charge in [-0.25, -0.2) is 4.98 Å². The molecule has 0 amide bonds. The maximum absolute atomic E-state index is 4.89. The molecule has 5 heteroatoms. The molecule has 1 aliphatic carbocycles. The van der Waals surface area contributed by atoms with Crippen LogP contribution in [0.3, 0.4) is 0 Å². The third-order valence-electron chi connectivity index (χ3n) is 7.74. The minimum Gasteiger partial charge on any atom is -0.330 e. The molecule has 0 N–H and O–H groups in total. The molecule has 0 radical (unpaired) electrons. The molecule has 2 aromatic rings. The minimum atomic E-state index is 0.380. The monoisotopic (exact) mass is 379 g/mol. The summed E-state index contributed by atoms with van der Waals surface area (Å²) in [7, 11) is 4.59. The Morgan fingerprint density at radius 3 is 2.64 bits per heavy atom. The molecule has 2 saturated heterocycles. The van der Waals surface area contributed by atoms with Gasteiger partial charge < -0.3 is 9.47 Å². The van der Waals surface area contributed by atoms with Gasteiger partial charge in [-0.1, -0.05) is 6.07 Å². The summed E-state index contributed by atoms with van der Waals surface area (Å²) in [5.41, 5.74) is 3.02. The van der Waals surface area contributed by atoms with Crippen molar-refractivity contribution in [1.29, 1.82) is 0 Å². The normalized spacial score (nSPS) is 30.6. The first-order valence-corrected chi connectivity index (χ1v) is 11.0. The van der Waals surface area contributed by atoms with Gasteiger partial charge in [0.1, 0.15) is 5.82 Å². The Balaban J connectivity index is 1.41. The van der Waals surface area contributed by atoms with Gasteiger partial charge in [0.05, 0.1) is 17.8 Å². The summed E-state index contributed by atoms with van der Waals surface area (Å²) in [6, 6.07) is 5.59. The number of aryl methyl sites for hydroxylation is 1. The molecule has 5 rings (SSSR count). The van der Waals surface area contributed by atoms with Crippen molar-refractivity contribution >= 4 is 0 Å². The van der Waals surface area contributed by atoms with E-state index in [1.54, 1.807) is 0 Å². The highest BCUT2D eigenvalue weighted by molar-refractivity contribution is 5.22. The highest BCUT2D eigenvalue weighted by Gasteiger charge is 2.50. The van der Waals surface area contributed by atoms with Gasteiger partial charge in [-0.05, 0) is 77.6 Å². The van der Waals surface area contributed by atoms with Crippen molar-refractivity contribution in [2.45, 2.75) is 75.5 Å². The maximum Gasteiger partial charge on any atom is 0.126 e. The average molecular weight is 380 g/mol. The molecule has 28 heavy (non-hydrogen) atoms. The first-order valence-electron chi connectivity index (χ1n) is 11.0. The van der Waals surface area contributed by atoms with Gasteiger partial charge in [-0.3, -0.25) is 9.88 Å². The third kappa shape index (κ3) is 3.00. The summed E-state index contributed by atoms with van der Waals surface area (Å²) >= 11 is 0. The highest BCUT2D eigenvalue weighted by Crippen LogP contribution is 2.51. The van der Waals surface area contributed by atoms with Gasteiger partial charge in [-0.15, -0.1) is 0 Å². The Morgan fingerprint density at radius 1 is 1.04 bits per heavy atom. The molecule has 1 spiro atoms. The zero-order valence-electron chi connectivity index (χ0n) is 17.5. The van der Waals surface area contributed by atoms with E-state index in [9.17, 15) is 0 Å². The molecule has 0 aromatic carbocycles. The predicted molar refractivity (Wildman–Crippen MR) is 111 cm³/mol. The molecule has 2 aliphatic heterocycles. The van der Waals surface area contributed by atoms with Crippen LogP contribution in [-0.4, -0.2) is 50.5 Å². The largest absolute Gasteiger partial charge is 0.330 e. The number of aromatic nitrogens is 3. The van der Waals surface area contributed by atoms with Crippen LogP contribution in [-0.2, 0) is 0 Å². The lowest BCUT2D eigenvalue weighted by atomic mass is 9.91. The van der Waals surface area contributed by atoms with Crippen molar-refractivity contribution < 1.29 is 0 Å². The van der Waals surface area contributed by atoms with E-state index < -0.39 is 0 Å². The SMILES string of the molecule is Cc1cccnc1[C@@H]1CCC[C@H](c2nccn2C2CCN(C)C3(CC3)C2)N1C. The number of hydrogen-bond acceptors (Lipinski definition) is 4. The van der Waals surface area contributed by atoms with E-state index in [4.69, 9.17) is 9.97 Å². The van der Waals surface area contributed by atoms with Crippen LogP contribution in [0.15, 0.2) is 30.7 Å².